The summed E-state index contributed by atoms with van der Waals surface area (Å²) in [5, 5.41) is 3.31. The Bertz CT molecular complexity index is 266. The minimum absolute atomic E-state index is 0.0539. The van der Waals surface area contributed by atoms with Crippen molar-refractivity contribution in [2.24, 2.45) is 5.92 Å². The molecule has 1 saturated carbocycles. The molecule has 0 saturated heterocycles. The van der Waals surface area contributed by atoms with Gasteiger partial charge in [-0.2, -0.15) is 13.2 Å². The summed E-state index contributed by atoms with van der Waals surface area (Å²) >= 11 is 0. The predicted molar refractivity (Wildman–Crippen MR) is 76.8 cm³/mol. The molecule has 0 radical (unpaired) electrons. The number of hydrogen-bond donors (Lipinski definition) is 1. The van der Waals surface area contributed by atoms with Crippen molar-refractivity contribution in [3.05, 3.63) is 0 Å². The van der Waals surface area contributed by atoms with Crippen molar-refractivity contribution in [3.8, 4) is 0 Å². The van der Waals surface area contributed by atoms with Crippen molar-refractivity contribution in [3.63, 3.8) is 0 Å². The van der Waals surface area contributed by atoms with Gasteiger partial charge in [-0.3, -0.25) is 0 Å². The number of alkyl halides is 3. The number of rotatable bonds is 7. The summed E-state index contributed by atoms with van der Waals surface area (Å²) in [5.74, 6) is -1.10. The van der Waals surface area contributed by atoms with Crippen LogP contribution in [-0.4, -0.2) is 43.3 Å². The van der Waals surface area contributed by atoms with Gasteiger partial charge in [0.15, 0.2) is 0 Å². The van der Waals surface area contributed by atoms with Crippen molar-refractivity contribution in [1.82, 2.24) is 10.2 Å². The molecule has 20 heavy (non-hydrogen) atoms. The maximum absolute atomic E-state index is 12.7. The molecule has 2 atom stereocenters. The predicted octanol–water partition coefficient (Wildman–Crippen LogP) is 3.82. The van der Waals surface area contributed by atoms with E-state index in [9.17, 15) is 13.2 Å². The summed E-state index contributed by atoms with van der Waals surface area (Å²) in [5.41, 5.74) is 0. The van der Waals surface area contributed by atoms with Crippen LogP contribution in [0.1, 0.15) is 52.4 Å². The third-order valence-electron chi connectivity index (χ3n) is 4.39. The summed E-state index contributed by atoms with van der Waals surface area (Å²) < 4.78 is 38.1. The van der Waals surface area contributed by atoms with Crippen molar-refractivity contribution in [2.75, 3.05) is 20.1 Å². The molecule has 2 nitrogen and oxygen atoms in total. The molecule has 0 aromatic rings. The molecule has 1 N–H and O–H groups in total. The Morgan fingerprint density at radius 1 is 1.20 bits per heavy atom. The topological polar surface area (TPSA) is 15.3 Å². The van der Waals surface area contributed by atoms with Crippen LogP contribution in [0.2, 0.25) is 0 Å². The fraction of sp³-hybridized carbons (Fsp3) is 1.00. The molecule has 0 heterocycles. The lowest BCUT2D eigenvalue weighted by atomic mass is 9.85. The summed E-state index contributed by atoms with van der Waals surface area (Å²) in [4.78, 5) is 2.29. The molecule has 0 spiro atoms. The SMILES string of the molecule is CC(C)N(C)CCCCNC1CCCC(C(F)(F)F)C1. The van der Waals surface area contributed by atoms with Gasteiger partial charge in [0, 0.05) is 12.1 Å². The average Bonchev–Trinajstić information content (AvgIpc) is 2.37. The summed E-state index contributed by atoms with van der Waals surface area (Å²) in [6.07, 6.45) is 0.258. The highest BCUT2D eigenvalue weighted by molar-refractivity contribution is 4.81. The van der Waals surface area contributed by atoms with Crippen LogP contribution >= 0.6 is 0 Å². The number of nitrogens with one attached hydrogen (secondary N) is 1. The van der Waals surface area contributed by atoms with Gasteiger partial charge < -0.3 is 10.2 Å². The van der Waals surface area contributed by atoms with Crippen LogP contribution in [0.15, 0.2) is 0 Å². The Balaban J connectivity index is 2.13. The third-order valence-corrected chi connectivity index (χ3v) is 4.39. The highest BCUT2D eigenvalue weighted by atomic mass is 19.4. The van der Waals surface area contributed by atoms with E-state index in [0.717, 1.165) is 32.4 Å². The van der Waals surface area contributed by atoms with Gasteiger partial charge in [-0.25, -0.2) is 0 Å². The fourth-order valence-corrected chi connectivity index (χ4v) is 2.72. The van der Waals surface area contributed by atoms with E-state index >= 15 is 0 Å². The molecule has 1 rings (SSSR count). The second kappa shape index (κ2) is 8.23. The van der Waals surface area contributed by atoms with Crippen molar-refractivity contribution < 1.29 is 13.2 Å². The fourth-order valence-electron chi connectivity index (χ4n) is 2.72. The molecule has 2 unspecified atom stereocenters. The Morgan fingerprint density at radius 2 is 1.90 bits per heavy atom. The molecule has 0 aliphatic heterocycles. The molecule has 1 aliphatic rings. The maximum Gasteiger partial charge on any atom is 0.391 e. The van der Waals surface area contributed by atoms with Crippen LogP contribution in [0.4, 0.5) is 13.2 Å². The summed E-state index contributed by atoms with van der Waals surface area (Å²) in [6.45, 7) is 6.21. The zero-order chi connectivity index (χ0) is 15.2. The molecule has 1 fully saturated rings. The summed E-state index contributed by atoms with van der Waals surface area (Å²) in [6, 6.07) is 0.604. The molecule has 0 bridgehead atoms. The van der Waals surface area contributed by atoms with Gasteiger partial charge in [0.05, 0.1) is 5.92 Å². The van der Waals surface area contributed by atoms with Crippen LogP contribution in [-0.2, 0) is 0 Å². The Morgan fingerprint density at radius 3 is 2.50 bits per heavy atom. The highest BCUT2D eigenvalue weighted by Gasteiger charge is 2.41. The first-order valence-electron chi connectivity index (χ1n) is 7.81. The van der Waals surface area contributed by atoms with Gasteiger partial charge in [-0.15, -0.1) is 0 Å². The second-order valence-corrected chi connectivity index (χ2v) is 6.34. The van der Waals surface area contributed by atoms with E-state index in [1.165, 1.54) is 0 Å². The molecular weight excluding hydrogens is 265 g/mol. The van der Waals surface area contributed by atoms with Crippen LogP contribution < -0.4 is 5.32 Å². The molecule has 5 heteroatoms. The average molecular weight is 294 g/mol. The lowest BCUT2D eigenvalue weighted by molar-refractivity contribution is -0.183. The van der Waals surface area contributed by atoms with Crippen molar-refractivity contribution in [1.29, 1.82) is 0 Å². The van der Waals surface area contributed by atoms with Crippen LogP contribution in [0, 0.1) is 5.92 Å². The van der Waals surface area contributed by atoms with E-state index in [1.807, 2.05) is 0 Å². The van der Waals surface area contributed by atoms with E-state index in [0.29, 0.717) is 18.9 Å². The van der Waals surface area contributed by atoms with Gasteiger partial charge in [0.1, 0.15) is 0 Å². The van der Waals surface area contributed by atoms with Crippen molar-refractivity contribution >= 4 is 0 Å². The van der Waals surface area contributed by atoms with E-state index < -0.39 is 12.1 Å². The van der Waals surface area contributed by atoms with Crippen LogP contribution in [0.3, 0.4) is 0 Å². The molecular formula is C15H29F3N2. The largest absolute Gasteiger partial charge is 0.391 e. The molecule has 0 aromatic carbocycles. The van der Waals surface area contributed by atoms with Crippen LogP contribution in [0.5, 0.6) is 0 Å². The Labute approximate surface area is 121 Å². The Kier molecular flexibility index (Phi) is 7.30. The summed E-state index contributed by atoms with van der Waals surface area (Å²) in [7, 11) is 2.10. The maximum atomic E-state index is 12.7. The van der Waals surface area contributed by atoms with Gasteiger partial charge in [0.2, 0.25) is 0 Å². The van der Waals surface area contributed by atoms with Gasteiger partial charge in [-0.1, -0.05) is 6.42 Å². The minimum Gasteiger partial charge on any atom is -0.314 e. The molecule has 120 valence electrons. The smallest absolute Gasteiger partial charge is 0.314 e. The lowest BCUT2D eigenvalue weighted by Gasteiger charge is -2.31. The Hall–Kier alpha value is -0.290. The first-order valence-corrected chi connectivity index (χ1v) is 7.81. The zero-order valence-electron chi connectivity index (χ0n) is 13.0. The molecule has 1 aliphatic carbocycles. The second-order valence-electron chi connectivity index (χ2n) is 6.34. The van der Waals surface area contributed by atoms with Crippen LogP contribution in [0.25, 0.3) is 0 Å². The standard InChI is InChI=1S/C15H29F3N2/c1-12(2)20(3)10-5-4-9-19-14-8-6-7-13(11-14)15(16,17)18/h12-14,19H,4-11H2,1-3H3. The van der Waals surface area contributed by atoms with E-state index in [2.05, 4.69) is 31.1 Å². The third kappa shape index (κ3) is 6.44. The molecule has 0 amide bonds. The van der Waals surface area contributed by atoms with E-state index in [-0.39, 0.29) is 12.5 Å². The highest BCUT2D eigenvalue weighted by Crippen LogP contribution is 2.37. The monoisotopic (exact) mass is 294 g/mol. The van der Waals surface area contributed by atoms with Gasteiger partial charge >= 0.3 is 6.18 Å². The number of hydrogen-bond acceptors (Lipinski definition) is 2. The first kappa shape index (κ1) is 17.8. The van der Waals surface area contributed by atoms with Gasteiger partial charge in [-0.05, 0) is 66.1 Å². The van der Waals surface area contributed by atoms with E-state index in [4.69, 9.17) is 0 Å². The normalized spacial score (nSPS) is 24.6. The number of nitrogens with zero attached hydrogens (tertiary/aromatic N) is 1. The number of unbranched alkanes of at least 4 members (excludes halogenated alkanes) is 1. The quantitative estimate of drug-likeness (QED) is 0.718. The lowest BCUT2D eigenvalue weighted by Crippen LogP contribution is -2.39. The zero-order valence-corrected chi connectivity index (χ0v) is 13.0. The van der Waals surface area contributed by atoms with Gasteiger partial charge in [0.25, 0.3) is 0 Å². The van der Waals surface area contributed by atoms with Crippen molar-refractivity contribution in [2.45, 2.75) is 70.6 Å². The van der Waals surface area contributed by atoms with E-state index in [1.54, 1.807) is 0 Å². The number of halogens is 3. The minimum atomic E-state index is -4.01. The molecule has 0 aromatic heterocycles. The first-order chi connectivity index (χ1) is 9.30.